The fourth-order valence-electron chi connectivity index (χ4n) is 3.07. The SMILES string of the molecule is CC(C)c1ccc(-c2cnc(CCC(=O)Nc3nc(-c4ccccc4)cs3)o2)cc1. The van der Waals surface area contributed by atoms with Crippen LogP contribution in [0.25, 0.3) is 22.6 Å². The predicted octanol–water partition coefficient (Wildman–Crippen LogP) is 6.16. The summed E-state index contributed by atoms with van der Waals surface area (Å²) < 4.78 is 5.83. The van der Waals surface area contributed by atoms with Gasteiger partial charge in [0.05, 0.1) is 11.9 Å². The highest BCUT2D eigenvalue weighted by atomic mass is 32.1. The van der Waals surface area contributed by atoms with Crippen molar-refractivity contribution in [2.24, 2.45) is 0 Å². The number of rotatable bonds is 7. The minimum Gasteiger partial charge on any atom is -0.441 e. The molecule has 2 aromatic heterocycles. The molecule has 1 amide bonds. The predicted molar refractivity (Wildman–Crippen MR) is 121 cm³/mol. The third kappa shape index (κ3) is 4.83. The maximum Gasteiger partial charge on any atom is 0.226 e. The molecule has 0 radical (unpaired) electrons. The molecule has 2 aromatic carbocycles. The number of nitrogens with one attached hydrogen (secondary N) is 1. The molecule has 4 aromatic rings. The van der Waals surface area contributed by atoms with Crippen LogP contribution in [-0.4, -0.2) is 15.9 Å². The van der Waals surface area contributed by atoms with Crippen LogP contribution in [0.3, 0.4) is 0 Å². The third-order valence-electron chi connectivity index (χ3n) is 4.80. The Labute approximate surface area is 179 Å². The fourth-order valence-corrected chi connectivity index (χ4v) is 3.80. The lowest BCUT2D eigenvalue weighted by atomic mass is 10.0. The summed E-state index contributed by atoms with van der Waals surface area (Å²) in [5.74, 6) is 1.65. The molecule has 0 bridgehead atoms. The number of aryl methyl sites for hydroxylation is 1. The van der Waals surface area contributed by atoms with Crippen LogP contribution in [0.5, 0.6) is 0 Å². The molecule has 1 N–H and O–H groups in total. The number of anilines is 1. The lowest BCUT2D eigenvalue weighted by molar-refractivity contribution is -0.116. The van der Waals surface area contributed by atoms with E-state index >= 15 is 0 Å². The number of carbonyl (C=O) groups is 1. The highest BCUT2D eigenvalue weighted by Crippen LogP contribution is 2.25. The molecule has 0 spiro atoms. The monoisotopic (exact) mass is 417 g/mol. The Bertz CT molecular complexity index is 1110. The van der Waals surface area contributed by atoms with Gasteiger partial charge in [0, 0.05) is 29.3 Å². The van der Waals surface area contributed by atoms with Crippen molar-refractivity contribution in [3.05, 3.63) is 77.6 Å². The minimum atomic E-state index is -0.106. The summed E-state index contributed by atoms with van der Waals surface area (Å²) in [5.41, 5.74) is 4.16. The largest absolute Gasteiger partial charge is 0.441 e. The number of benzene rings is 2. The number of hydrogen-bond acceptors (Lipinski definition) is 5. The van der Waals surface area contributed by atoms with Gasteiger partial charge in [-0.15, -0.1) is 11.3 Å². The molecule has 0 aliphatic carbocycles. The van der Waals surface area contributed by atoms with E-state index < -0.39 is 0 Å². The first kappa shape index (κ1) is 20.0. The van der Waals surface area contributed by atoms with Crippen LogP contribution in [-0.2, 0) is 11.2 Å². The molecule has 2 heterocycles. The normalized spacial score (nSPS) is 11.0. The lowest BCUT2D eigenvalue weighted by Crippen LogP contribution is -2.12. The number of oxazole rings is 1. The summed E-state index contributed by atoms with van der Waals surface area (Å²) in [7, 11) is 0. The van der Waals surface area contributed by atoms with E-state index in [9.17, 15) is 4.79 Å². The van der Waals surface area contributed by atoms with Gasteiger partial charge in [0.1, 0.15) is 0 Å². The molecule has 6 heteroatoms. The fraction of sp³-hybridized carbons (Fsp3) is 0.208. The van der Waals surface area contributed by atoms with E-state index in [-0.39, 0.29) is 12.3 Å². The van der Waals surface area contributed by atoms with E-state index in [2.05, 4.69) is 41.3 Å². The van der Waals surface area contributed by atoms with Crippen molar-refractivity contribution in [2.75, 3.05) is 5.32 Å². The Hall–Kier alpha value is -3.25. The van der Waals surface area contributed by atoms with Gasteiger partial charge in [-0.1, -0.05) is 68.4 Å². The van der Waals surface area contributed by atoms with Gasteiger partial charge in [-0.3, -0.25) is 4.79 Å². The zero-order chi connectivity index (χ0) is 20.9. The molecule has 30 heavy (non-hydrogen) atoms. The molecular weight excluding hydrogens is 394 g/mol. The van der Waals surface area contributed by atoms with E-state index in [1.165, 1.54) is 16.9 Å². The van der Waals surface area contributed by atoms with Crippen molar-refractivity contribution in [1.29, 1.82) is 0 Å². The molecule has 0 fully saturated rings. The number of thiazole rings is 1. The Balaban J connectivity index is 1.32. The molecule has 0 aliphatic heterocycles. The Morgan fingerprint density at radius 3 is 2.57 bits per heavy atom. The second-order valence-corrected chi connectivity index (χ2v) is 8.21. The maximum absolute atomic E-state index is 12.3. The zero-order valence-corrected chi connectivity index (χ0v) is 17.8. The molecule has 0 saturated heterocycles. The first-order valence-electron chi connectivity index (χ1n) is 9.94. The van der Waals surface area contributed by atoms with Crippen molar-refractivity contribution in [1.82, 2.24) is 9.97 Å². The number of carbonyl (C=O) groups excluding carboxylic acids is 1. The summed E-state index contributed by atoms with van der Waals surface area (Å²) >= 11 is 1.42. The summed E-state index contributed by atoms with van der Waals surface area (Å²) in [5, 5.41) is 5.39. The number of nitrogens with zero attached hydrogens (tertiary/aromatic N) is 2. The van der Waals surface area contributed by atoms with Crippen molar-refractivity contribution in [3.8, 4) is 22.6 Å². The van der Waals surface area contributed by atoms with Crippen LogP contribution in [0.1, 0.15) is 37.6 Å². The van der Waals surface area contributed by atoms with E-state index in [4.69, 9.17) is 4.42 Å². The van der Waals surface area contributed by atoms with Crippen LogP contribution >= 0.6 is 11.3 Å². The number of hydrogen-bond donors (Lipinski definition) is 1. The zero-order valence-electron chi connectivity index (χ0n) is 17.0. The molecule has 152 valence electrons. The van der Waals surface area contributed by atoms with Gasteiger partial charge < -0.3 is 9.73 Å². The number of amides is 1. The maximum atomic E-state index is 12.3. The second-order valence-electron chi connectivity index (χ2n) is 7.35. The quantitative estimate of drug-likeness (QED) is 0.391. The summed E-state index contributed by atoms with van der Waals surface area (Å²) in [6.07, 6.45) is 2.43. The summed E-state index contributed by atoms with van der Waals surface area (Å²) in [4.78, 5) is 21.1. The highest BCUT2D eigenvalue weighted by Gasteiger charge is 2.12. The molecule has 0 saturated carbocycles. The van der Waals surface area contributed by atoms with Gasteiger partial charge in [-0.25, -0.2) is 9.97 Å². The van der Waals surface area contributed by atoms with Gasteiger partial charge in [-0.05, 0) is 11.5 Å². The van der Waals surface area contributed by atoms with Crippen LogP contribution in [0.2, 0.25) is 0 Å². The molecule has 0 aliphatic rings. The van der Waals surface area contributed by atoms with Crippen LogP contribution in [0.15, 0.2) is 70.6 Å². The average Bonchev–Trinajstić information content (AvgIpc) is 3.43. The van der Waals surface area contributed by atoms with Crippen LogP contribution < -0.4 is 5.32 Å². The van der Waals surface area contributed by atoms with Gasteiger partial charge >= 0.3 is 0 Å². The minimum absolute atomic E-state index is 0.106. The van der Waals surface area contributed by atoms with Crippen molar-refractivity contribution < 1.29 is 9.21 Å². The molecule has 5 nitrogen and oxygen atoms in total. The Morgan fingerprint density at radius 2 is 1.83 bits per heavy atom. The second kappa shape index (κ2) is 9.05. The van der Waals surface area contributed by atoms with E-state index in [0.717, 1.165) is 16.8 Å². The van der Waals surface area contributed by atoms with Crippen molar-refractivity contribution in [2.45, 2.75) is 32.6 Å². The van der Waals surface area contributed by atoms with E-state index in [1.54, 1.807) is 6.20 Å². The van der Waals surface area contributed by atoms with E-state index in [1.807, 2.05) is 47.8 Å². The Morgan fingerprint density at radius 1 is 1.07 bits per heavy atom. The first-order chi connectivity index (χ1) is 14.6. The summed E-state index contributed by atoms with van der Waals surface area (Å²) in [6, 6.07) is 18.2. The smallest absolute Gasteiger partial charge is 0.226 e. The van der Waals surface area contributed by atoms with Crippen LogP contribution in [0, 0.1) is 0 Å². The topological polar surface area (TPSA) is 68.0 Å². The molecule has 0 unspecified atom stereocenters. The molecule has 0 atom stereocenters. The van der Waals surface area contributed by atoms with Gasteiger partial charge in [0.15, 0.2) is 16.8 Å². The van der Waals surface area contributed by atoms with Gasteiger partial charge in [-0.2, -0.15) is 0 Å². The Kier molecular flexibility index (Phi) is 6.05. The van der Waals surface area contributed by atoms with Crippen molar-refractivity contribution in [3.63, 3.8) is 0 Å². The number of aromatic nitrogens is 2. The van der Waals surface area contributed by atoms with Gasteiger partial charge in [0.25, 0.3) is 0 Å². The summed E-state index contributed by atoms with van der Waals surface area (Å²) in [6.45, 7) is 4.33. The lowest BCUT2D eigenvalue weighted by Gasteiger charge is -2.05. The molecular formula is C24H23N3O2S. The van der Waals surface area contributed by atoms with Crippen molar-refractivity contribution >= 4 is 22.4 Å². The van der Waals surface area contributed by atoms with Crippen LogP contribution in [0.4, 0.5) is 5.13 Å². The van der Waals surface area contributed by atoms with Gasteiger partial charge in [0.2, 0.25) is 5.91 Å². The molecule has 4 rings (SSSR count). The highest BCUT2D eigenvalue weighted by molar-refractivity contribution is 7.14. The average molecular weight is 418 g/mol. The third-order valence-corrected chi connectivity index (χ3v) is 5.56. The first-order valence-corrected chi connectivity index (χ1v) is 10.8. The van der Waals surface area contributed by atoms with E-state index in [0.29, 0.717) is 29.1 Å². The standard InChI is InChI=1S/C24H23N3O2S/c1-16(2)17-8-10-19(11-9-17)21-14-25-23(29-21)13-12-22(28)27-24-26-20(15-30-24)18-6-4-3-5-7-18/h3-11,14-16H,12-13H2,1-2H3,(H,26,27,28).